The quantitative estimate of drug-likeness (QED) is 0.514. The van der Waals surface area contributed by atoms with E-state index in [1.54, 1.807) is 34.9 Å². The van der Waals surface area contributed by atoms with Gasteiger partial charge in [0.15, 0.2) is 4.77 Å². The van der Waals surface area contributed by atoms with Crippen molar-refractivity contribution in [3.63, 3.8) is 0 Å². The highest BCUT2D eigenvalue weighted by Gasteiger charge is 2.16. The van der Waals surface area contributed by atoms with Crippen molar-refractivity contribution in [3.8, 4) is 0 Å². The van der Waals surface area contributed by atoms with Gasteiger partial charge in [0.1, 0.15) is 5.82 Å². The SMILES string of the molecule is Cc1cc(NC(=O)c2ccccc2Cl)sc1C(=O)NCCc1n[nH]c(=S)n1C. The van der Waals surface area contributed by atoms with Gasteiger partial charge < -0.3 is 15.2 Å². The standard InChI is InChI=1S/C18H18ClN5O2S2/c1-10-9-14(21-16(25)11-5-3-4-6-12(11)19)28-15(10)17(26)20-8-7-13-22-23-18(27)24(13)2/h3-6,9H,7-8H2,1-2H3,(H,20,26)(H,21,25)(H,23,27). The summed E-state index contributed by atoms with van der Waals surface area (Å²) in [6.07, 6.45) is 0.551. The number of halogens is 1. The number of amides is 2. The van der Waals surface area contributed by atoms with Gasteiger partial charge in [-0.05, 0) is 42.9 Å². The van der Waals surface area contributed by atoms with Crippen LogP contribution in [-0.4, -0.2) is 33.1 Å². The molecule has 0 bridgehead atoms. The molecule has 0 aliphatic heterocycles. The first-order valence-electron chi connectivity index (χ1n) is 8.41. The molecule has 0 aliphatic rings. The number of nitrogens with zero attached hydrogens (tertiary/aromatic N) is 2. The number of rotatable bonds is 6. The summed E-state index contributed by atoms with van der Waals surface area (Å²) < 4.78 is 2.30. The van der Waals surface area contributed by atoms with Gasteiger partial charge in [0.25, 0.3) is 11.8 Å². The summed E-state index contributed by atoms with van der Waals surface area (Å²) in [5.74, 6) is 0.253. The number of hydrogen-bond acceptors (Lipinski definition) is 5. The molecule has 0 unspecified atom stereocenters. The Morgan fingerprint density at radius 2 is 2.07 bits per heavy atom. The Morgan fingerprint density at radius 3 is 2.75 bits per heavy atom. The average Bonchev–Trinajstić information content (AvgIpc) is 3.18. The monoisotopic (exact) mass is 435 g/mol. The first-order chi connectivity index (χ1) is 13.4. The van der Waals surface area contributed by atoms with Gasteiger partial charge in [0, 0.05) is 20.0 Å². The number of aromatic amines is 1. The second-order valence-corrected chi connectivity index (χ2v) is 7.91. The Kier molecular flexibility index (Phi) is 6.28. The van der Waals surface area contributed by atoms with Crippen LogP contribution in [0.1, 0.15) is 31.4 Å². The summed E-state index contributed by atoms with van der Waals surface area (Å²) in [7, 11) is 1.82. The molecule has 3 rings (SSSR count). The lowest BCUT2D eigenvalue weighted by Gasteiger charge is -2.05. The van der Waals surface area contributed by atoms with Gasteiger partial charge in [-0.15, -0.1) is 11.3 Å². The number of nitrogens with one attached hydrogen (secondary N) is 3. The smallest absolute Gasteiger partial charge is 0.261 e. The fourth-order valence-electron chi connectivity index (χ4n) is 2.56. The van der Waals surface area contributed by atoms with E-state index in [0.717, 1.165) is 11.4 Å². The lowest BCUT2D eigenvalue weighted by molar-refractivity contribution is 0.0956. The van der Waals surface area contributed by atoms with Crippen LogP contribution in [0.15, 0.2) is 30.3 Å². The van der Waals surface area contributed by atoms with E-state index in [1.807, 2.05) is 14.0 Å². The number of carbonyl (C=O) groups is 2. The Labute approximate surface area is 175 Å². The molecule has 3 aromatic rings. The van der Waals surface area contributed by atoms with E-state index >= 15 is 0 Å². The van der Waals surface area contributed by atoms with Crippen molar-refractivity contribution in [1.29, 1.82) is 0 Å². The zero-order valence-electron chi connectivity index (χ0n) is 15.2. The van der Waals surface area contributed by atoms with Crippen LogP contribution in [0, 0.1) is 11.7 Å². The molecule has 2 heterocycles. The molecule has 7 nitrogen and oxygen atoms in total. The molecule has 0 atom stereocenters. The van der Waals surface area contributed by atoms with Crippen molar-refractivity contribution in [2.45, 2.75) is 13.3 Å². The van der Waals surface area contributed by atoms with Crippen LogP contribution in [0.25, 0.3) is 0 Å². The predicted octanol–water partition coefficient (Wildman–Crippen LogP) is 3.73. The largest absolute Gasteiger partial charge is 0.351 e. The molecule has 0 saturated carbocycles. The molecule has 0 aliphatic carbocycles. The minimum absolute atomic E-state index is 0.197. The summed E-state index contributed by atoms with van der Waals surface area (Å²) in [4.78, 5) is 25.4. The van der Waals surface area contributed by atoms with Crippen molar-refractivity contribution in [2.24, 2.45) is 7.05 Å². The number of thiophene rings is 1. The minimum Gasteiger partial charge on any atom is -0.351 e. The van der Waals surface area contributed by atoms with Crippen LogP contribution in [0.4, 0.5) is 5.00 Å². The number of aryl methyl sites for hydroxylation is 1. The van der Waals surface area contributed by atoms with Gasteiger partial charge >= 0.3 is 0 Å². The zero-order chi connectivity index (χ0) is 20.3. The first kappa shape index (κ1) is 20.2. The molecule has 3 N–H and O–H groups in total. The number of anilines is 1. The lowest BCUT2D eigenvalue weighted by Crippen LogP contribution is -2.26. The van der Waals surface area contributed by atoms with E-state index in [1.165, 1.54) is 11.3 Å². The molecule has 28 heavy (non-hydrogen) atoms. The van der Waals surface area contributed by atoms with Crippen molar-refractivity contribution < 1.29 is 9.59 Å². The van der Waals surface area contributed by atoms with Gasteiger partial charge in [0.05, 0.1) is 20.5 Å². The van der Waals surface area contributed by atoms with Crippen LogP contribution in [0.3, 0.4) is 0 Å². The van der Waals surface area contributed by atoms with Gasteiger partial charge in [0.2, 0.25) is 0 Å². The molecular weight excluding hydrogens is 418 g/mol. The van der Waals surface area contributed by atoms with Crippen LogP contribution in [0.5, 0.6) is 0 Å². The topological polar surface area (TPSA) is 91.8 Å². The number of carbonyl (C=O) groups excluding carboxylic acids is 2. The van der Waals surface area contributed by atoms with E-state index in [4.69, 9.17) is 23.8 Å². The third kappa shape index (κ3) is 4.49. The molecule has 10 heteroatoms. The summed E-state index contributed by atoms with van der Waals surface area (Å²) in [5.41, 5.74) is 1.17. The third-order valence-electron chi connectivity index (χ3n) is 4.09. The molecule has 0 saturated heterocycles. The molecule has 1 aromatic carbocycles. The van der Waals surface area contributed by atoms with E-state index in [2.05, 4.69) is 20.8 Å². The molecule has 146 valence electrons. The Morgan fingerprint density at radius 1 is 1.32 bits per heavy atom. The highest BCUT2D eigenvalue weighted by Crippen LogP contribution is 2.27. The van der Waals surface area contributed by atoms with E-state index in [0.29, 0.717) is 38.2 Å². The molecule has 0 spiro atoms. The van der Waals surface area contributed by atoms with Crippen molar-refractivity contribution in [2.75, 3.05) is 11.9 Å². The summed E-state index contributed by atoms with van der Waals surface area (Å²) in [6, 6.07) is 8.58. The molecule has 2 amide bonds. The maximum absolute atomic E-state index is 12.5. The lowest BCUT2D eigenvalue weighted by atomic mass is 10.2. The van der Waals surface area contributed by atoms with E-state index in [-0.39, 0.29) is 11.8 Å². The van der Waals surface area contributed by atoms with Gasteiger partial charge in [-0.3, -0.25) is 14.7 Å². The fourth-order valence-corrected chi connectivity index (χ4v) is 3.92. The van der Waals surface area contributed by atoms with Crippen molar-refractivity contribution in [3.05, 3.63) is 62.0 Å². The summed E-state index contributed by atoms with van der Waals surface area (Å²) >= 11 is 12.3. The number of aromatic nitrogens is 3. The Bertz CT molecular complexity index is 1090. The molecule has 2 aromatic heterocycles. The number of benzene rings is 1. The van der Waals surface area contributed by atoms with Crippen molar-refractivity contribution >= 4 is 52.0 Å². The Hall–Kier alpha value is -2.49. The normalized spacial score (nSPS) is 10.7. The highest BCUT2D eigenvalue weighted by atomic mass is 35.5. The third-order valence-corrected chi connectivity index (χ3v) is 5.93. The maximum Gasteiger partial charge on any atom is 0.261 e. The molecule has 0 radical (unpaired) electrons. The van der Waals surface area contributed by atoms with E-state index in [9.17, 15) is 9.59 Å². The van der Waals surface area contributed by atoms with Crippen molar-refractivity contribution in [1.82, 2.24) is 20.1 Å². The summed E-state index contributed by atoms with van der Waals surface area (Å²) in [6.45, 7) is 2.25. The second kappa shape index (κ2) is 8.68. The van der Waals surface area contributed by atoms with Gasteiger partial charge in [-0.2, -0.15) is 5.10 Å². The Balaban J connectivity index is 1.62. The predicted molar refractivity (Wildman–Crippen MR) is 113 cm³/mol. The number of hydrogen-bond donors (Lipinski definition) is 3. The van der Waals surface area contributed by atoms with Crippen LogP contribution >= 0.6 is 35.2 Å². The maximum atomic E-state index is 12.5. The van der Waals surface area contributed by atoms with Gasteiger partial charge in [-0.25, -0.2) is 0 Å². The van der Waals surface area contributed by atoms with E-state index < -0.39 is 0 Å². The van der Waals surface area contributed by atoms with Crippen LogP contribution < -0.4 is 10.6 Å². The van der Waals surface area contributed by atoms with Crippen LogP contribution in [-0.2, 0) is 13.5 Å². The first-order valence-corrected chi connectivity index (χ1v) is 10.0. The summed E-state index contributed by atoms with van der Waals surface area (Å²) in [5, 5.41) is 13.4. The average molecular weight is 436 g/mol. The molecule has 0 fully saturated rings. The number of H-pyrrole nitrogens is 1. The zero-order valence-corrected chi connectivity index (χ0v) is 17.6. The highest BCUT2D eigenvalue weighted by molar-refractivity contribution is 7.71. The van der Waals surface area contributed by atoms with Gasteiger partial charge in [-0.1, -0.05) is 23.7 Å². The fraction of sp³-hybridized carbons (Fsp3) is 0.222. The second-order valence-electron chi connectivity index (χ2n) is 6.07. The molecular formula is C18H18ClN5O2S2. The minimum atomic E-state index is -0.315. The van der Waals surface area contributed by atoms with Crippen LogP contribution in [0.2, 0.25) is 5.02 Å².